The average Bonchev–Trinajstić information content (AvgIpc) is 3.39. The van der Waals surface area contributed by atoms with Gasteiger partial charge in [-0.05, 0) is 18.8 Å². The maximum atomic E-state index is 5.23. The number of thioether (sulfide) groups is 1. The van der Waals surface area contributed by atoms with E-state index in [-0.39, 0.29) is 24.0 Å². The van der Waals surface area contributed by atoms with Crippen molar-refractivity contribution in [1.82, 2.24) is 15.1 Å². The summed E-state index contributed by atoms with van der Waals surface area (Å²) in [4.78, 5) is 9.48. The highest BCUT2D eigenvalue weighted by atomic mass is 127. The van der Waals surface area contributed by atoms with E-state index < -0.39 is 0 Å². The molecule has 1 aliphatic heterocycles. The molecule has 0 spiro atoms. The first-order chi connectivity index (χ1) is 11.2. The van der Waals surface area contributed by atoms with Gasteiger partial charge in [-0.2, -0.15) is 11.8 Å². The Morgan fingerprint density at radius 2 is 2.12 bits per heavy atom. The first kappa shape index (κ1) is 22.3. The number of methoxy groups -OCH3 is 1. The summed E-state index contributed by atoms with van der Waals surface area (Å²) in [6.07, 6.45) is 2.69. The van der Waals surface area contributed by atoms with Crippen molar-refractivity contribution in [2.45, 2.75) is 38.0 Å². The molecule has 1 aliphatic carbocycles. The highest BCUT2D eigenvalue weighted by molar-refractivity contribution is 14.0. The number of guanidine groups is 1. The van der Waals surface area contributed by atoms with E-state index in [0.717, 1.165) is 57.2 Å². The summed E-state index contributed by atoms with van der Waals surface area (Å²) in [5.74, 6) is 2.99. The standard InChI is InChI=1S/C17H34N4OS.HI/c1-14(2)16-13-21(10-12-23-16)17(18-3)19-7-8-20(9-11-22-4)15-5-6-15;/h14-16H,5-13H2,1-4H3,(H,18,19);1H. The molecule has 0 bridgehead atoms. The number of rotatable bonds is 8. The molecule has 2 aliphatic rings. The fraction of sp³-hybridized carbons (Fsp3) is 0.941. The maximum absolute atomic E-state index is 5.23. The van der Waals surface area contributed by atoms with Gasteiger partial charge in [0.15, 0.2) is 5.96 Å². The number of nitrogens with zero attached hydrogens (tertiary/aromatic N) is 3. The third-order valence-corrected chi connectivity index (χ3v) is 6.22. The van der Waals surface area contributed by atoms with Crippen LogP contribution in [0.5, 0.6) is 0 Å². The van der Waals surface area contributed by atoms with E-state index in [9.17, 15) is 0 Å². The largest absolute Gasteiger partial charge is 0.383 e. The van der Waals surface area contributed by atoms with Crippen molar-refractivity contribution >= 4 is 41.7 Å². The molecule has 1 atom stereocenters. The van der Waals surface area contributed by atoms with Crippen LogP contribution in [0.25, 0.3) is 0 Å². The maximum Gasteiger partial charge on any atom is 0.193 e. The Morgan fingerprint density at radius 1 is 1.38 bits per heavy atom. The van der Waals surface area contributed by atoms with Crippen molar-refractivity contribution in [3.05, 3.63) is 0 Å². The molecule has 1 N–H and O–H groups in total. The molecular formula is C17H35IN4OS. The Bertz CT molecular complexity index is 380. The highest BCUT2D eigenvalue weighted by Crippen LogP contribution is 2.26. The smallest absolute Gasteiger partial charge is 0.193 e. The summed E-state index contributed by atoms with van der Waals surface area (Å²) in [6, 6.07) is 0.783. The molecule has 142 valence electrons. The summed E-state index contributed by atoms with van der Waals surface area (Å²) in [7, 11) is 3.68. The van der Waals surface area contributed by atoms with E-state index in [1.165, 1.54) is 18.6 Å². The van der Waals surface area contributed by atoms with Crippen molar-refractivity contribution < 1.29 is 4.74 Å². The molecule has 0 aromatic rings. The van der Waals surface area contributed by atoms with Crippen LogP contribution in [0.1, 0.15) is 26.7 Å². The monoisotopic (exact) mass is 470 g/mol. The second-order valence-electron chi connectivity index (χ2n) is 6.83. The number of nitrogens with one attached hydrogen (secondary N) is 1. The number of halogens is 1. The molecule has 1 unspecified atom stereocenters. The van der Waals surface area contributed by atoms with E-state index in [1.807, 2.05) is 7.05 Å². The van der Waals surface area contributed by atoms with Crippen LogP contribution in [0.2, 0.25) is 0 Å². The minimum Gasteiger partial charge on any atom is -0.383 e. The normalized spacial score (nSPS) is 22.0. The summed E-state index contributed by atoms with van der Waals surface area (Å²) in [5, 5.41) is 4.29. The van der Waals surface area contributed by atoms with Crippen molar-refractivity contribution in [2.24, 2.45) is 10.9 Å². The molecule has 0 radical (unpaired) electrons. The molecule has 0 aromatic heterocycles. The number of ether oxygens (including phenoxy) is 1. The second-order valence-corrected chi connectivity index (χ2v) is 8.18. The van der Waals surface area contributed by atoms with E-state index in [1.54, 1.807) is 7.11 Å². The fourth-order valence-electron chi connectivity index (χ4n) is 3.04. The van der Waals surface area contributed by atoms with Crippen molar-refractivity contribution in [1.29, 1.82) is 0 Å². The molecule has 5 nitrogen and oxygen atoms in total. The first-order valence-electron chi connectivity index (χ1n) is 8.96. The van der Waals surface area contributed by atoms with Gasteiger partial charge in [-0.3, -0.25) is 9.89 Å². The number of hydrogen-bond donors (Lipinski definition) is 1. The van der Waals surface area contributed by atoms with E-state index in [0.29, 0.717) is 5.25 Å². The zero-order valence-corrected chi connectivity index (χ0v) is 18.8. The lowest BCUT2D eigenvalue weighted by atomic mass is 10.1. The predicted octanol–water partition coefficient (Wildman–Crippen LogP) is 2.36. The van der Waals surface area contributed by atoms with Crippen LogP contribution in [0.3, 0.4) is 0 Å². The fourth-order valence-corrected chi connectivity index (χ4v) is 4.34. The average molecular weight is 470 g/mol. The molecule has 2 rings (SSSR count). The lowest BCUT2D eigenvalue weighted by Crippen LogP contribution is -2.50. The van der Waals surface area contributed by atoms with Crippen LogP contribution in [0.15, 0.2) is 4.99 Å². The lowest BCUT2D eigenvalue weighted by Gasteiger charge is -2.36. The topological polar surface area (TPSA) is 40.1 Å². The van der Waals surface area contributed by atoms with Crippen LogP contribution in [0, 0.1) is 5.92 Å². The van der Waals surface area contributed by atoms with Gasteiger partial charge in [-0.15, -0.1) is 24.0 Å². The SMILES string of the molecule is CN=C(NCCN(CCOC)C1CC1)N1CCSC(C(C)C)C1.I. The van der Waals surface area contributed by atoms with Gasteiger partial charge in [0.25, 0.3) is 0 Å². The second kappa shape index (κ2) is 11.8. The van der Waals surface area contributed by atoms with Crippen LogP contribution in [-0.4, -0.2) is 86.3 Å². The molecule has 7 heteroatoms. The third kappa shape index (κ3) is 7.25. The van der Waals surface area contributed by atoms with Gasteiger partial charge in [0.2, 0.25) is 0 Å². The van der Waals surface area contributed by atoms with E-state index in [2.05, 4.69) is 45.7 Å². The zero-order valence-electron chi connectivity index (χ0n) is 15.7. The van der Waals surface area contributed by atoms with Gasteiger partial charge in [0.1, 0.15) is 0 Å². The van der Waals surface area contributed by atoms with Crippen molar-refractivity contribution in [3.8, 4) is 0 Å². The van der Waals surface area contributed by atoms with Crippen LogP contribution < -0.4 is 5.32 Å². The molecule has 24 heavy (non-hydrogen) atoms. The summed E-state index contributed by atoms with van der Waals surface area (Å²) in [6.45, 7) is 10.7. The minimum absolute atomic E-state index is 0. The van der Waals surface area contributed by atoms with Crippen LogP contribution >= 0.6 is 35.7 Å². The zero-order chi connectivity index (χ0) is 16.7. The Labute approximate surface area is 169 Å². The number of aliphatic imine (C=N–C) groups is 1. The molecule has 1 heterocycles. The van der Waals surface area contributed by atoms with E-state index >= 15 is 0 Å². The lowest BCUT2D eigenvalue weighted by molar-refractivity contribution is 0.144. The quantitative estimate of drug-likeness (QED) is 0.335. The Kier molecular flexibility index (Phi) is 11.0. The highest BCUT2D eigenvalue weighted by Gasteiger charge is 2.28. The summed E-state index contributed by atoms with van der Waals surface area (Å²) in [5.41, 5.74) is 0. The molecule has 0 aromatic carbocycles. The summed E-state index contributed by atoms with van der Waals surface area (Å²) < 4.78 is 5.23. The Hall–Kier alpha value is 0.270. The Balaban J connectivity index is 0.00000288. The Morgan fingerprint density at radius 3 is 2.71 bits per heavy atom. The van der Waals surface area contributed by atoms with Crippen LogP contribution in [-0.2, 0) is 4.74 Å². The molecule has 1 saturated carbocycles. The van der Waals surface area contributed by atoms with Gasteiger partial charge >= 0.3 is 0 Å². The molecule has 0 amide bonds. The van der Waals surface area contributed by atoms with Crippen LogP contribution in [0.4, 0.5) is 0 Å². The van der Waals surface area contributed by atoms with E-state index in [4.69, 9.17) is 4.74 Å². The molecule has 1 saturated heterocycles. The molecule has 2 fully saturated rings. The third-order valence-electron chi connectivity index (χ3n) is 4.68. The number of hydrogen-bond acceptors (Lipinski definition) is 4. The first-order valence-corrected chi connectivity index (χ1v) is 10.0. The van der Waals surface area contributed by atoms with Gasteiger partial charge in [0.05, 0.1) is 6.61 Å². The van der Waals surface area contributed by atoms with Crippen molar-refractivity contribution in [3.63, 3.8) is 0 Å². The van der Waals surface area contributed by atoms with Gasteiger partial charge in [-0.1, -0.05) is 13.8 Å². The predicted molar refractivity (Wildman–Crippen MR) is 116 cm³/mol. The molecular weight excluding hydrogens is 435 g/mol. The van der Waals surface area contributed by atoms with Gasteiger partial charge < -0.3 is 15.0 Å². The summed E-state index contributed by atoms with van der Waals surface area (Å²) >= 11 is 2.11. The van der Waals surface area contributed by atoms with Gasteiger partial charge in [0, 0.05) is 63.9 Å². The van der Waals surface area contributed by atoms with Gasteiger partial charge in [-0.25, -0.2) is 0 Å². The van der Waals surface area contributed by atoms with Crippen molar-refractivity contribution in [2.75, 3.05) is 59.2 Å². The minimum atomic E-state index is 0.